The summed E-state index contributed by atoms with van der Waals surface area (Å²) < 4.78 is 68.5. The van der Waals surface area contributed by atoms with Gasteiger partial charge in [0.1, 0.15) is 19.3 Å². The van der Waals surface area contributed by atoms with E-state index in [1.165, 1.54) is 116 Å². The number of phosphoric acid groups is 2. The zero-order valence-electron chi connectivity index (χ0n) is 66.6. The first kappa shape index (κ1) is 101. The summed E-state index contributed by atoms with van der Waals surface area (Å²) in [7, 11) is -10.0. The van der Waals surface area contributed by atoms with Crippen LogP contribution in [0.15, 0.2) is 134 Å². The Balaban J connectivity index is 5.50. The third kappa shape index (κ3) is 77.4. The molecule has 2 unspecified atom stereocenters. The zero-order chi connectivity index (χ0) is 77.4. The fourth-order valence-corrected chi connectivity index (χ4v) is 12.3. The van der Waals surface area contributed by atoms with Crippen LogP contribution >= 0.6 is 15.6 Å². The first-order chi connectivity index (χ1) is 51.7. The molecule has 0 aromatic rings. The van der Waals surface area contributed by atoms with Crippen molar-refractivity contribution in [2.75, 3.05) is 39.6 Å². The number of carbonyl (C=O) groups is 4. The molecule has 0 radical (unpaired) electrons. The molecule has 0 rings (SSSR count). The summed E-state index contributed by atoms with van der Waals surface area (Å²) in [5.74, 6) is -2.37. The van der Waals surface area contributed by atoms with Gasteiger partial charge in [0.25, 0.3) is 0 Å². The van der Waals surface area contributed by atoms with Gasteiger partial charge < -0.3 is 33.8 Å². The summed E-state index contributed by atoms with van der Waals surface area (Å²) in [6.45, 7) is 4.66. The number of carbonyl (C=O) groups excluding carboxylic acids is 4. The van der Waals surface area contributed by atoms with Crippen molar-refractivity contribution in [1.82, 2.24) is 0 Å². The van der Waals surface area contributed by atoms with E-state index < -0.39 is 97.5 Å². The highest BCUT2D eigenvalue weighted by Crippen LogP contribution is 2.45. The lowest BCUT2D eigenvalue weighted by atomic mass is 10.0. The van der Waals surface area contributed by atoms with Crippen LogP contribution in [0.5, 0.6) is 0 Å². The van der Waals surface area contributed by atoms with Gasteiger partial charge in [0, 0.05) is 25.7 Å². The number of unbranched alkanes of at least 4 members (excludes halogenated alkanes) is 29. The summed E-state index contributed by atoms with van der Waals surface area (Å²) in [6, 6.07) is 0. The monoisotopic (exact) mass is 1530 g/mol. The molecule has 19 heteroatoms. The minimum atomic E-state index is -5.01. The van der Waals surface area contributed by atoms with Crippen LogP contribution in [-0.4, -0.2) is 96.7 Å². The van der Waals surface area contributed by atoms with Crippen molar-refractivity contribution in [3.63, 3.8) is 0 Å². The summed E-state index contributed by atoms with van der Waals surface area (Å²) >= 11 is 0. The van der Waals surface area contributed by atoms with Gasteiger partial charge in [0.05, 0.1) is 26.4 Å². The Morgan fingerprint density at radius 1 is 0.264 bits per heavy atom. The Labute approximate surface area is 644 Å². The van der Waals surface area contributed by atoms with Gasteiger partial charge in [-0.15, -0.1) is 0 Å². The summed E-state index contributed by atoms with van der Waals surface area (Å²) in [5.41, 5.74) is 0. The number of aliphatic hydroxyl groups excluding tert-OH is 1. The van der Waals surface area contributed by atoms with Crippen LogP contribution < -0.4 is 0 Å². The van der Waals surface area contributed by atoms with Crippen molar-refractivity contribution < 1.29 is 80.2 Å². The molecule has 608 valence electrons. The van der Waals surface area contributed by atoms with Gasteiger partial charge in [-0.05, 0) is 128 Å². The second-order valence-corrected chi connectivity index (χ2v) is 30.3. The molecule has 5 atom stereocenters. The third-order valence-corrected chi connectivity index (χ3v) is 19.0. The van der Waals surface area contributed by atoms with Gasteiger partial charge in [0.2, 0.25) is 0 Å². The largest absolute Gasteiger partial charge is 0.472 e. The minimum Gasteiger partial charge on any atom is -0.462 e. The van der Waals surface area contributed by atoms with Crippen LogP contribution in [0.2, 0.25) is 0 Å². The molecule has 0 saturated heterocycles. The molecule has 3 N–H and O–H groups in total. The Hall–Kier alpha value is -4.80. The first-order valence-corrected chi connectivity index (χ1v) is 44.4. The standard InChI is InChI=1S/C87H148O17P2/c1-5-9-13-17-21-25-29-33-36-38-40-42-45-49-53-57-61-65-69-73-86(91)103-82(77-97-84(89)71-67-63-59-55-51-47-32-28-24-20-16-12-8-4)79-101-105(93,94)99-75-81(88)76-100-106(95,96)102-80-83(78-98-85(90)72-68-64-60-56-52-48-44-35-31-27-23-19-15-11-7-3)104-87(92)74-70-66-62-58-54-50-46-43-41-39-37-34-30-26-22-18-14-10-6-2/h21-22,25-27,31,33-34,36-37,40-43,49-50,53-54,61-62,65-66,81-83,88H,5-20,23-24,28-30,32,35,38-39,44-48,51-52,55-60,63-64,67-80H2,1-4H3,(H,93,94)(H,95,96)/b25-21-,26-22-,31-27-,36-33-,37-34-,42-40-,43-41-,53-49-,54-50-,65-61-,66-62-/t81-,82+,83+/m0/s1. The molecular formula is C87H148O17P2. The van der Waals surface area contributed by atoms with Crippen LogP contribution in [0.1, 0.15) is 336 Å². The van der Waals surface area contributed by atoms with Crippen molar-refractivity contribution in [1.29, 1.82) is 0 Å². The highest BCUT2D eigenvalue weighted by atomic mass is 31.2. The van der Waals surface area contributed by atoms with Crippen LogP contribution in [0.25, 0.3) is 0 Å². The molecule has 0 bridgehead atoms. The SMILES string of the molecule is CCCCC/C=C\C/C=C\C/C=C\C/C=C\C/C=C\CCC(=O)O[C@H](COC(=O)CCCCCCCCC/C=C\CCCCCC)COP(=O)(O)OC[C@@H](O)COP(=O)(O)OC[C@@H](COC(=O)CCCCCCCCCCCCCCC)OC(=O)CC/C=C\C/C=C\C/C=C\C/C=C\C/C=C\CCCCC. The topological polar surface area (TPSA) is 237 Å². The third-order valence-electron chi connectivity index (χ3n) is 17.1. The van der Waals surface area contributed by atoms with Crippen LogP contribution in [0, 0.1) is 0 Å². The van der Waals surface area contributed by atoms with E-state index in [1.54, 1.807) is 0 Å². The van der Waals surface area contributed by atoms with Gasteiger partial charge in [-0.2, -0.15) is 0 Å². The normalized spacial score (nSPS) is 14.5. The molecule has 0 fully saturated rings. The second kappa shape index (κ2) is 78.3. The lowest BCUT2D eigenvalue weighted by molar-refractivity contribution is -0.161. The molecule has 0 aliphatic carbocycles. The van der Waals surface area contributed by atoms with E-state index >= 15 is 0 Å². The molecule has 0 saturated carbocycles. The predicted octanol–water partition coefficient (Wildman–Crippen LogP) is 24.4. The van der Waals surface area contributed by atoms with Gasteiger partial charge in [-0.25, -0.2) is 9.13 Å². The van der Waals surface area contributed by atoms with E-state index in [1.807, 2.05) is 36.5 Å². The van der Waals surface area contributed by atoms with E-state index in [-0.39, 0.29) is 25.7 Å². The molecule has 0 aliphatic rings. The fourth-order valence-electron chi connectivity index (χ4n) is 10.8. The minimum absolute atomic E-state index is 0.0311. The molecule has 0 aromatic carbocycles. The Morgan fingerprint density at radius 2 is 0.481 bits per heavy atom. The second-order valence-electron chi connectivity index (χ2n) is 27.4. The molecule has 17 nitrogen and oxygen atoms in total. The molecule has 106 heavy (non-hydrogen) atoms. The number of phosphoric ester groups is 2. The summed E-state index contributed by atoms with van der Waals surface area (Å²) in [6.07, 6.45) is 88.8. The van der Waals surface area contributed by atoms with Crippen LogP contribution in [0.4, 0.5) is 0 Å². The van der Waals surface area contributed by atoms with Crippen molar-refractivity contribution in [3.05, 3.63) is 134 Å². The summed E-state index contributed by atoms with van der Waals surface area (Å²) in [4.78, 5) is 73.0. The number of rotatable bonds is 77. The number of allylic oxidation sites excluding steroid dienone is 22. The fraction of sp³-hybridized carbons (Fsp3) is 0.701. The highest BCUT2D eigenvalue weighted by molar-refractivity contribution is 7.47. The lowest BCUT2D eigenvalue weighted by Crippen LogP contribution is -2.30. The smallest absolute Gasteiger partial charge is 0.462 e. The van der Waals surface area contributed by atoms with Gasteiger partial charge in [-0.1, -0.05) is 315 Å². The van der Waals surface area contributed by atoms with Crippen molar-refractivity contribution >= 4 is 39.5 Å². The maximum Gasteiger partial charge on any atom is 0.472 e. The Morgan fingerprint density at radius 3 is 0.783 bits per heavy atom. The van der Waals surface area contributed by atoms with Crippen molar-refractivity contribution in [3.8, 4) is 0 Å². The summed E-state index contributed by atoms with van der Waals surface area (Å²) in [5, 5.41) is 10.6. The van der Waals surface area contributed by atoms with Gasteiger partial charge >= 0.3 is 39.5 Å². The van der Waals surface area contributed by atoms with Gasteiger partial charge in [-0.3, -0.25) is 37.3 Å². The maximum absolute atomic E-state index is 13.1. The molecule has 0 amide bonds. The number of esters is 4. The average Bonchev–Trinajstić information content (AvgIpc) is 1.23. The molecule has 0 heterocycles. The Bertz CT molecular complexity index is 2530. The van der Waals surface area contributed by atoms with E-state index in [0.717, 1.165) is 128 Å². The lowest BCUT2D eigenvalue weighted by Gasteiger charge is -2.21. The van der Waals surface area contributed by atoms with Crippen LogP contribution in [0.3, 0.4) is 0 Å². The highest BCUT2D eigenvalue weighted by Gasteiger charge is 2.30. The van der Waals surface area contributed by atoms with Crippen molar-refractivity contribution in [2.45, 2.75) is 354 Å². The van der Waals surface area contributed by atoms with Crippen molar-refractivity contribution in [2.24, 2.45) is 0 Å². The van der Waals surface area contributed by atoms with Gasteiger partial charge in [0.15, 0.2) is 12.2 Å². The number of hydrogen-bond acceptors (Lipinski definition) is 15. The van der Waals surface area contributed by atoms with Crippen LogP contribution in [-0.2, 0) is 65.4 Å². The number of aliphatic hydroxyl groups is 1. The molecule has 0 aliphatic heterocycles. The zero-order valence-corrected chi connectivity index (χ0v) is 68.4. The number of hydrogen-bond donors (Lipinski definition) is 3. The average molecular weight is 1530 g/mol. The first-order valence-electron chi connectivity index (χ1n) is 41.4. The molecule has 0 aromatic heterocycles. The van der Waals surface area contributed by atoms with E-state index in [2.05, 4.69) is 125 Å². The van der Waals surface area contributed by atoms with E-state index in [9.17, 15) is 43.2 Å². The molecular weight excluding hydrogens is 1380 g/mol. The van der Waals surface area contributed by atoms with E-state index in [0.29, 0.717) is 38.5 Å². The number of ether oxygens (including phenoxy) is 4. The maximum atomic E-state index is 13.1. The Kier molecular flexibility index (Phi) is 74.8. The van der Waals surface area contributed by atoms with E-state index in [4.69, 9.17) is 37.0 Å². The quantitative estimate of drug-likeness (QED) is 0.0169. The molecule has 0 spiro atoms. The predicted molar refractivity (Wildman–Crippen MR) is 436 cm³/mol.